The molecule has 174 valence electrons. The van der Waals surface area contributed by atoms with Crippen LogP contribution in [-0.4, -0.2) is 33.8 Å². The van der Waals surface area contributed by atoms with Gasteiger partial charge >= 0.3 is 6.03 Å². The first kappa shape index (κ1) is 23.1. The number of urea groups is 1. The zero-order valence-electron chi connectivity index (χ0n) is 20.0. The maximum absolute atomic E-state index is 12.4. The quantitative estimate of drug-likeness (QED) is 0.553. The molecule has 0 radical (unpaired) electrons. The Morgan fingerprint density at radius 1 is 0.939 bits per heavy atom. The molecule has 0 spiro atoms. The van der Waals surface area contributed by atoms with Gasteiger partial charge in [-0.3, -0.25) is 4.90 Å². The molecule has 6 nitrogen and oxygen atoms in total. The largest absolute Gasteiger partial charge is 0.334 e. The number of aryl methyl sites for hydroxylation is 1. The molecule has 2 N–H and O–H groups in total. The van der Waals surface area contributed by atoms with E-state index in [1.54, 1.807) is 0 Å². The molecule has 1 aliphatic heterocycles. The van der Waals surface area contributed by atoms with Gasteiger partial charge < -0.3 is 10.6 Å². The Morgan fingerprint density at radius 3 is 2.27 bits per heavy atom. The van der Waals surface area contributed by atoms with Gasteiger partial charge in [0.15, 0.2) is 0 Å². The first-order valence-electron chi connectivity index (χ1n) is 11.9. The van der Waals surface area contributed by atoms with Crippen molar-refractivity contribution in [3.63, 3.8) is 0 Å². The number of hydrogen-bond acceptors (Lipinski definition) is 3. The fourth-order valence-electron chi connectivity index (χ4n) is 4.41. The number of likely N-dealkylation sites (tertiary alicyclic amines) is 1. The van der Waals surface area contributed by atoms with Crippen LogP contribution in [-0.2, 0) is 19.6 Å². The summed E-state index contributed by atoms with van der Waals surface area (Å²) < 4.78 is 1.93. The third kappa shape index (κ3) is 6.02. The van der Waals surface area contributed by atoms with Crippen LogP contribution >= 0.6 is 0 Å². The number of nitrogens with one attached hydrogen (secondary N) is 2. The highest BCUT2D eigenvalue weighted by Crippen LogP contribution is 2.19. The lowest BCUT2D eigenvalue weighted by atomic mass is 9.99. The molecule has 0 atom stereocenters. The van der Waals surface area contributed by atoms with E-state index >= 15 is 0 Å². The highest BCUT2D eigenvalue weighted by atomic mass is 16.2. The van der Waals surface area contributed by atoms with Crippen molar-refractivity contribution in [3.8, 4) is 5.69 Å². The van der Waals surface area contributed by atoms with Gasteiger partial charge in [0.1, 0.15) is 0 Å². The van der Waals surface area contributed by atoms with Gasteiger partial charge in [0.05, 0.1) is 11.4 Å². The SMILES string of the molecule is Cc1nn(-c2ccccc2)c(C)c1CNC(=O)NCc1ccc(CN2CCC(C)CC2)cc1. The minimum atomic E-state index is -0.173. The predicted molar refractivity (Wildman–Crippen MR) is 132 cm³/mol. The number of benzene rings is 2. The summed E-state index contributed by atoms with van der Waals surface area (Å²) in [6, 6.07) is 18.5. The molecule has 0 saturated carbocycles. The summed E-state index contributed by atoms with van der Waals surface area (Å²) >= 11 is 0. The Hall–Kier alpha value is -3.12. The highest BCUT2D eigenvalue weighted by molar-refractivity contribution is 5.73. The Kier molecular flexibility index (Phi) is 7.45. The lowest BCUT2D eigenvalue weighted by molar-refractivity contribution is 0.185. The number of piperidine rings is 1. The van der Waals surface area contributed by atoms with E-state index in [1.807, 2.05) is 48.9 Å². The van der Waals surface area contributed by atoms with E-state index in [0.29, 0.717) is 13.1 Å². The summed E-state index contributed by atoms with van der Waals surface area (Å²) in [6.45, 7) is 10.7. The molecule has 1 saturated heterocycles. The summed E-state index contributed by atoms with van der Waals surface area (Å²) in [6.07, 6.45) is 2.59. The standard InChI is InChI=1S/C27H35N5O/c1-20-13-15-31(16-14-20)19-24-11-9-23(10-12-24)17-28-27(33)29-18-26-21(2)30-32(22(26)3)25-7-5-4-6-8-25/h4-12,20H,13-19H2,1-3H3,(H2,28,29,33). The van der Waals surface area contributed by atoms with Crippen molar-refractivity contribution in [2.45, 2.75) is 53.2 Å². The fourth-order valence-corrected chi connectivity index (χ4v) is 4.41. The van der Waals surface area contributed by atoms with Crippen LogP contribution in [0.2, 0.25) is 0 Å². The van der Waals surface area contributed by atoms with Crippen LogP contribution < -0.4 is 10.6 Å². The van der Waals surface area contributed by atoms with Crippen molar-refractivity contribution in [3.05, 3.63) is 82.7 Å². The molecule has 33 heavy (non-hydrogen) atoms. The Balaban J connectivity index is 1.25. The van der Waals surface area contributed by atoms with Gasteiger partial charge in [-0.15, -0.1) is 0 Å². The molecule has 1 aliphatic rings. The van der Waals surface area contributed by atoms with Gasteiger partial charge in [-0.1, -0.05) is 49.4 Å². The molecule has 0 aliphatic carbocycles. The molecular weight excluding hydrogens is 410 g/mol. The van der Waals surface area contributed by atoms with Gasteiger partial charge in [-0.05, 0) is 69.0 Å². The first-order valence-corrected chi connectivity index (χ1v) is 11.9. The first-order chi connectivity index (χ1) is 16.0. The number of hydrogen-bond donors (Lipinski definition) is 2. The summed E-state index contributed by atoms with van der Waals surface area (Å²) in [5.74, 6) is 0.855. The number of carbonyl (C=O) groups is 1. The molecule has 0 bridgehead atoms. The summed E-state index contributed by atoms with van der Waals surface area (Å²) in [7, 11) is 0. The molecule has 4 rings (SSSR count). The molecule has 2 heterocycles. The van der Waals surface area contributed by atoms with Crippen molar-refractivity contribution in [2.24, 2.45) is 5.92 Å². The minimum absolute atomic E-state index is 0.173. The molecule has 0 unspecified atom stereocenters. The van der Waals surface area contributed by atoms with Crippen LogP contribution in [0.25, 0.3) is 5.69 Å². The molecule has 1 aromatic heterocycles. The zero-order chi connectivity index (χ0) is 23.2. The van der Waals surface area contributed by atoms with Gasteiger partial charge in [0, 0.05) is 30.9 Å². The monoisotopic (exact) mass is 445 g/mol. The van der Waals surface area contributed by atoms with Crippen molar-refractivity contribution < 1.29 is 4.79 Å². The van der Waals surface area contributed by atoms with E-state index in [2.05, 4.69) is 51.8 Å². The van der Waals surface area contributed by atoms with E-state index < -0.39 is 0 Å². The van der Waals surface area contributed by atoms with Crippen LogP contribution in [0, 0.1) is 19.8 Å². The van der Waals surface area contributed by atoms with Crippen molar-refractivity contribution in [1.82, 2.24) is 25.3 Å². The van der Waals surface area contributed by atoms with Crippen molar-refractivity contribution in [2.75, 3.05) is 13.1 Å². The van der Waals surface area contributed by atoms with Crippen LogP contribution in [0.15, 0.2) is 54.6 Å². The maximum atomic E-state index is 12.4. The lowest BCUT2D eigenvalue weighted by Gasteiger charge is -2.30. The van der Waals surface area contributed by atoms with Crippen molar-refractivity contribution >= 4 is 6.03 Å². The Bertz CT molecular complexity index is 1050. The third-order valence-electron chi connectivity index (χ3n) is 6.63. The number of carbonyl (C=O) groups excluding carboxylic acids is 1. The van der Waals surface area contributed by atoms with Gasteiger partial charge in [-0.2, -0.15) is 5.10 Å². The summed E-state index contributed by atoms with van der Waals surface area (Å²) in [4.78, 5) is 14.9. The van der Waals surface area contributed by atoms with Gasteiger partial charge in [-0.25, -0.2) is 9.48 Å². The molecule has 3 aromatic rings. The van der Waals surface area contributed by atoms with Gasteiger partial charge in [0.25, 0.3) is 0 Å². The predicted octanol–water partition coefficient (Wildman–Crippen LogP) is 4.72. The number of para-hydroxylation sites is 1. The lowest BCUT2D eigenvalue weighted by Crippen LogP contribution is -2.34. The van der Waals surface area contributed by atoms with E-state index in [-0.39, 0.29) is 6.03 Å². The topological polar surface area (TPSA) is 62.2 Å². The number of aromatic nitrogens is 2. The Labute approximate surface area is 197 Å². The zero-order valence-corrected chi connectivity index (χ0v) is 20.0. The fraction of sp³-hybridized carbons (Fsp3) is 0.407. The second kappa shape index (κ2) is 10.7. The van der Waals surface area contributed by atoms with E-state index in [0.717, 1.165) is 40.7 Å². The van der Waals surface area contributed by atoms with Crippen molar-refractivity contribution in [1.29, 1.82) is 0 Å². The minimum Gasteiger partial charge on any atom is -0.334 e. The number of nitrogens with zero attached hydrogens (tertiary/aromatic N) is 3. The summed E-state index contributed by atoms with van der Waals surface area (Å²) in [5, 5.41) is 10.6. The van der Waals surface area contributed by atoms with E-state index in [9.17, 15) is 4.79 Å². The molecule has 6 heteroatoms. The third-order valence-corrected chi connectivity index (χ3v) is 6.63. The normalized spacial score (nSPS) is 14.9. The highest BCUT2D eigenvalue weighted by Gasteiger charge is 2.16. The second-order valence-corrected chi connectivity index (χ2v) is 9.21. The molecule has 2 aromatic carbocycles. The average Bonchev–Trinajstić information content (AvgIpc) is 3.12. The average molecular weight is 446 g/mol. The summed E-state index contributed by atoms with van der Waals surface area (Å²) in [5.41, 5.74) is 6.47. The Morgan fingerprint density at radius 2 is 1.58 bits per heavy atom. The van der Waals surface area contributed by atoms with Crippen LogP contribution in [0.4, 0.5) is 4.79 Å². The van der Waals surface area contributed by atoms with Crippen LogP contribution in [0.5, 0.6) is 0 Å². The molecule has 1 fully saturated rings. The van der Waals surface area contributed by atoms with Crippen LogP contribution in [0.1, 0.15) is 47.8 Å². The van der Waals surface area contributed by atoms with Crippen LogP contribution in [0.3, 0.4) is 0 Å². The van der Waals surface area contributed by atoms with E-state index in [4.69, 9.17) is 0 Å². The number of rotatable bonds is 7. The number of amides is 2. The molecular formula is C27H35N5O. The smallest absolute Gasteiger partial charge is 0.315 e. The van der Waals surface area contributed by atoms with E-state index in [1.165, 1.54) is 31.5 Å². The maximum Gasteiger partial charge on any atom is 0.315 e. The molecule has 2 amide bonds. The van der Waals surface area contributed by atoms with Gasteiger partial charge in [0.2, 0.25) is 0 Å². The second-order valence-electron chi connectivity index (χ2n) is 9.21.